The minimum absolute atomic E-state index is 0. The van der Waals surface area contributed by atoms with E-state index in [4.69, 9.17) is 25.5 Å². The zero-order chi connectivity index (χ0) is 21.3. The monoisotopic (exact) mass is 516 g/mol. The average Bonchev–Trinajstić information content (AvgIpc) is 2.34. The van der Waals surface area contributed by atoms with Crippen molar-refractivity contribution in [2.24, 2.45) is 0 Å². The summed E-state index contributed by atoms with van der Waals surface area (Å²) in [5.41, 5.74) is -5.71. The summed E-state index contributed by atoms with van der Waals surface area (Å²) in [5, 5.41) is 72.7. The average molecular weight is 517 g/mol. The fraction of sp³-hybridized carbons (Fsp3) is 0.500. The van der Waals surface area contributed by atoms with Crippen LogP contribution in [0.25, 0.3) is 0 Å². The first kappa shape index (κ1) is 45.2. The predicted octanol–water partition coefficient (Wildman–Crippen LogP) is -16.3. The molecule has 0 heterocycles. The molecule has 0 aromatic carbocycles. The summed E-state index contributed by atoms with van der Waals surface area (Å²) < 4.78 is 0. The molecule has 0 spiro atoms. The van der Waals surface area contributed by atoms with E-state index < -0.39 is 72.7 Å². The Morgan fingerprint density at radius 2 is 0.867 bits per heavy atom. The molecule has 18 heteroatoms. The minimum atomic E-state index is -2.97. The van der Waals surface area contributed by atoms with Crippen LogP contribution in [-0.4, -0.2) is 78.0 Å². The van der Waals surface area contributed by atoms with Crippen LogP contribution in [0.3, 0.4) is 0 Å². The van der Waals surface area contributed by atoms with Crippen molar-refractivity contribution >= 4 is 35.8 Å². The van der Waals surface area contributed by atoms with Gasteiger partial charge in [-0.3, -0.25) is 9.59 Å². The first-order valence-electron chi connectivity index (χ1n) is 6.28. The van der Waals surface area contributed by atoms with Gasteiger partial charge in [-0.15, -0.1) is 0 Å². The summed E-state index contributed by atoms with van der Waals surface area (Å²) in [6, 6.07) is 0. The van der Waals surface area contributed by atoms with Crippen molar-refractivity contribution in [3.63, 3.8) is 0 Å². The standard InChI is InChI=1S/2C6H8O7.3K.H2O/c2*7-3(8)1-6(13,5(11)12)2-4(9)10;;;;/h2*13H,1-2H2,(H,7,8)(H,9,10)(H,11,12);;;;1H2/q;;3*+1;/p-3. The fourth-order valence-corrected chi connectivity index (χ4v) is 1.40. The van der Waals surface area contributed by atoms with E-state index in [1.54, 1.807) is 0 Å². The van der Waals surface area contributed by atoms with E-state index in [1.807, 2.05) is 0 Å². The summed E-state index contributed by atoms with van der Waals surface area (Å²) in [4.78, 5) is 60.5. The van der Waals surface area contributed by atoms with Gasteiger partial charge < -0.3 is 60.7 Å². The molecule has 30 heavy (non-hydrogen) atoms. The van der Waals surface area contributed by atoms with Crippen molar-refractivity contribution in [2.75, 3.05) is 0 Å². The Labute approximate surface area is 295 Å². The van der Waals surface area contributed by atoms with Gasteiger partial charge in [0.15, 0.2) is 5.60 Å². The van der Waals surface area contributed by atoms with Crippen molar-refractivity contribution < 1.29 is 229 Å². The second-order valence-electron chi connectivity index (χ2n) is 4.89. The van der Waals surface area contributed by atoms with Crippen LogP contribution in [0.2, 0.25) is 0 Å². The summed E-state index contributed by atoms with van der Waals surface area (Å²) >= 11 is 0. The smallest absolute Gasteiger partial charge is 0.550 e. The molecule has 0 bridgehead atoms. The number of carboxylic acids is 6. The maximum absolute atomic E-state index is 10.3. The molecule has 15 nitrogen and oxygen atoms in total. The fourth-order valence-electron chi connectivity index (χ4n) is 1.40. The molecule has 0 atom stereocenters. The molecule has 7 N–H and O–H groups in total. The van der Waals surface area contributed by atoms with E-state index in [1.165, 1.54) is 0 Å². The van der Waals surface area contributed by atoms with Crippen LogP contribution >= 0.6 is 0 Å². The molecule has 0 unspecified atom stereocenters. The van der Waals surface area contributed by atoms with E-state index in [9.17, 15) is 44.1 Å². The Balaban J connectivity index is -0.0000000847. The van der Waals surface area contributed by atoms with Crippen molar-refractivity contribution in [1.82, 2.24) is 0 Å². The van der Waals surface area contributed by atoms with Crippen LogP contribution in [0.1, 0.15) is 25.7 Å². The second kappa shape index (κ2) is 21.2. The largest absolute Gasteiger partial charge is 1.00 e. The van der Waals surface area contributed by atoms with Gasteiger partial charge in [0.1, 0.15) is 5.60 Å². The molecule has 156 valence electrons. The van der Waals surface area contributed by atoms with E-state index >= 15 is 0 Å². The molecule has 0 rings (SSSR count). The van der Waals surface area contributed by atoms with Gasteiger partial charge in [-0.25, -0.2) is 4.79 Å². The van der Waals surface area contributed by atoms with E-state index in [2.05, 4.69) is 0 Å². The molecule has 0 fully saturated rings. The van der Waals surface area contributed by atoms with Gasteiger partial charge in [0, 0.05) is 24.8 Å². The zero-order valence-electron chi connectivity index (χ0n) is 16.2. The van der Waals surface area contributed by atoms with Crippen molar-refractivity contribution in [1.29, 1.82) is 0 Å². The van der Waals surface area contributed by atoms with Crippen LogP contribution in [0.5, 0.6) is 0 Å². The summed E-state index contributed by atoms with van der Waals surface area (Å²) in [6.45, 7) is 0. The predicted molar refractivity (Wildman–Crippen MR) is 69.9 cm³/mol. The Bertz CT molecular complexity index is 522. The first-order chi connectivity index (χ1) is 11.6. The van der Waals surface area contributed by atoms with Gasteiger partial charge >= 0.3 is 172 Å². The van der Waals surface area contributed by atoms with Crippen LogP contribution in [0.15, 0.2) is 0 Å². The Kier molecular flexibility index (Phi) is 31.9. The number of rotatable bonds is 10. The Hall–Kier alpha value is 1.61. The maximum Gasteiger partial charge on any atom is 1.00 e. The molecule has 0 aliphatic rings. The third-order valence-corrected chi connectivity index (χ3v) is 2.54. The molecular weight excluding hydrogens is 501 g/mol. The number of hydrogen-bond acceptors (Lipinski definition) is 11. The quantitative estimate of drug-likeness (QED) is 0.168. The molecule has 0 saturated heterocycles. The maximum atomic E-state index is 10.3. The van der Waals surface area contributed by atoms with Crippen LogP contribution in [0.4, 0.5) is 0 Å². The number of aliphatic hydroxyl groups is 2. The van der Waals surface area contributed by atoms with Crippen molar-refractivity contribution in [3.05, 3.63) is 0 Å². The number of hydrogen-bond donors (Lipinski definition) is 5. The summed E-state index contributed by atoms with van der Waals surface area (Å²) in [5.74, 6) is -11.0. The molecule has 0 saturated carbocycles. The van der Waals surface area contributed by atoms with E-state index in [-0.39, 0.29) is 160 Å². The van der Waals surface area contributed by atoms with Crippen LogP contribution in [0, 0.1) is 0 Å². The topological polar surface area (TPSA) is 304 Å². The number of carbonyl (C=O) groups is 6. The van der Waals surface area contributed by atoms with E-state index in [0.29, 0.717) is 0 Å². The van der Waals surface area contributed by atoms with Gasteiger partial charge in [0.2, 0.25) is 0 Å². The number of carboxylic acid groups (broad SMARTS) is 6. The van der Waals surface area contributed by atoms with E-state index in [0.717, 1.165) is 0 Å². The molecule has 0 aliphatic carbocycles. The van der Waals surface area contributed by atoms with Gasteiger partial charge in [0.25, 0.3) is 0 Å². The zero-order valence-corrected chi connectivity index (χ0v) is 25.6. The molecule has 0 amide bonds. The van der Waals surface area contributed by atoms with Gasteiger partial charge in [-0.05, 0) is 0 Å². The summed E-state index contributed by atoms with van der Waals surface area (Å²) in [6.07, 6.45) is -5.00. The normalized spacial score (nSPS) is 9.40. The first-order valence-corrected chi connectivity index (χ1v) is 6.28. The second-order valence-corrected chi connectivity index (χ2v) is 4.89. The Morgan fingerprint density at radius 3 is 1.00 bits per heavy atom. The van der Waals surface area contributed by atoms with Gasteiger partial charge in [-0.1, -0.05) is 0 Å². The van der Waals surface area contributed by atoms with Crippen molar-refractivity contribution in [3.8, 4) is 0 Å². The van der Waals surface area contributed by atoms with Crippen molar-refractivity contribution in [2.45, 2.75) is 36.9 Å². The molecular formula is C12H15K3O15. The molecule has 0 aliphatic heterocycles. The SMILES string of the molecule is O.O=C(O)CC(O)(CC(=O)O)C(=O)O.O=C([O-])CC(O)(CC(=O)[O-])C(=O)[O-].[K+].[K+].[K+]. The number of carbonyl (C=O) groups excluding carboxylic acids is 3. The molecule has 0 radical (unpaired) electrons. The molecule has 0 aromatic rings. The summed E-state index contributed by atoms with van der Waals surface area (Å²) in [7, 11) is 0. The minimum Gasteiger partial charge on any atom is -0.550 e. The van der Waals surface area contributed by atoms with Gasteiger partial charge in [-0.2, -0.15) is 0 Å². The third-order valence-electron chi connectivity index (χ3n) is 2.54. The third kappa shape index (κ3) is 21.5. The Morgan fingerprint density at radius 1 is 0.600 bits per heavy atom. The van der Waals surface area contributed by atoms with Crippen LogP contribution < -0.4 is 169 Å². The molecule has 0 aromatic heterocycles. The van der Waals surface area contributed by atoms with Crippen LogP contribution in [-0.2, 0) is 28.8 Å². The van der Waals surface area contributed by atoms with Gasteiger partial charge in [0.05, 0.1) is 18.8 Å². The number of aliphatic carboxylic acids is 6.